The number of nitrogens with zero attached hydrogens (tertiary/aromatic N) is 1. The van der Waals surface area contributed by atoms with E-state index in [1.165, 1.54) is 37.2 Å². The second kappa shape index (κ2) is 7.70. The summed E-state index contributed by atoms with van der Waals surface area (Å²) < 4.78 is 0. The molecule has 0 spiro atoms. The molecule has 33 heavy (non-hydrogen) atoms. The Hall–Kier alpha value is -3.18. The number of phenolic OH excluding ortho intramolecular Hbond substituents is 1. The van der Waals surface area contributed by atoms with Gasteiger partial charge in [0.2, 0.25) is 5.78 Å². The predicted molar refractivity (Wildman–Crippen MR) is 118 cm³/mol. The molecule has 0 saturated carbocycles. The van der Waals surface area contributed by atoms with E-state index in [0.717, 1.165) is 0 Å². The Balaban J connectivity index is 0.00000306. The molecule has 3 aliphatic rings. The first-order valence-electron chi connectivity index (χ1n) is 9.71. The molecule has 11 heteroatoms. The van der Waals surface area contributed by atoms with Gasteiger partial charge in [0.25, 0.3) is 5.91 Å². The molecule has 0 heterocycles. The molecule has 0 unspecified atom stereocenters. The maximum atomic E-state index is 13.3. The lowest BCUT2D eigenvalue weighted by molar-refractivity contribution is -0.159. The summed E-state index contributed by atoms with van der Waals surface area (Å²) in [4.78, 5) is 39.7. The number of nitrogens with two attached hydrogens (primary N) is 1. The van der Waals surface area contributed by atoms with Gasteiger partial charge in [0, 0.05) is 5.92 Å². The van der Waals surface area contributed by atoms with E-state index in [0.29, 0.717) is 0 Å². The van der Waals surface area contributed by atoms with Crippen LogP contribution in [0.15, 0.2) is 47.4 Å². The van der Waals surface area contributed by atoms with Gasteiger partial charge in [0.15, 0.2) is 11.4 Å². The molecule has 1 aromatic rings. The van der Waals surface area contributed by atoms with Crippen LogP contribution in [0.3, 0.4) is 0 Å². The number of phenols is 1. The van der Waals surface area contributed by atoms with Crippen molar-refractivity contribution in [3.63, 3.8) is 0 Å². The van der Waals surface area contributed by atoms with E-state index in [1.807, 2.05) is 0 Å². The monoisotopic (exact) mass is 478 g/mol. The lowest BCUT2D eigenvalue weighted by Gasteiger charge is -2.52. The number of carbonyl (C=O) groups is 3. The summed E-state index contributed by atoms with van der Waals surface area (Å²) in [6, 6.07) is 2.92. The molecule has 0 radical (unpaired) electrons. The Labute approximate surface area is 194 Å². The fourth-order valence-corrected chi connectivity index (χ4v) is 5.22. The number of fused-ring (bicyclic) bond motifs is 3. The number of likely N-dealkylation sites (N-methyl/N-ethyl adjacent to an activating group) is 1. The molecular formula is C22H23ClN2O8. The average molecular weight is 479 g/mol. The highest BCUT2D eigenvalue weighted by molar-refractivity contribution is 6.25. The van der Waals surface area contributed by atoms with Crippen LogP contribution in [-0.2, 0) is 9.59 Å². The van der Waals surface area contributed by atoms with Gasteiger partial charge in [-0.05, 0) is 31.3 Å². The molecule has 1 amide bonds. The molecule has 0 aromatic heterocycles. The highest BCUT2D eigenvalue weighted by atomic mass is 35.5. The molecule has 1 aromatic carbocycles. The van der Waals surface area contributed by atoms with Crippen molar-refractivity contribution in [1.82, 2.24) is 4.90 Å². The van der Waals surface area contributed by atoms with Crippen LogP contribution in [0.2, 0.25) is 0 Å². The van der Waals surface area contributed by atoms with Crippen LogP contribution in [0.4, 0.5) is 0 Å². The summed E-state index contributed by atoms with van der Waals surface area (Å²) in [5.74, 6) is -8.77. The first-order valence-corrected chi connectivity index (χ1v) is 9.71. The maximum Gasteiger partial charge on any atom is 0.255 e. The Morgan fingerprint density at radius 2 is 1.79 bits per heavy atom. The number of hydrogen-bond donors (Lipinski definition) is 6. The van der Waals surface area contributed by atoms with E-state index in [-0.39, 0.29) is 29.1 Å². The third-order valence-electron chi connectivity index (χ3n) is 6.61. The highest BCUT2D eigenvalue weighted by Gasteiger charge is 2.67. The number of hydrogen-bond acceptors (Lipinski definition) is 9. The van der Waals surface area contributed by atoms with Gasteiger partial charge in [0.1, 0.15) is 22.8 Å². The topological polar surface area (TPSA) is 182 Å². The maximum absolute atomic E-state index is 13.3. The first kappa shape index (κ1) is 24.5. The summed E-state index contributed by atoms with van der Waals surface area (Å²) in [5.41, 5.74) is 1.06. The lowest BCUT2D eigenvalue weighted by Crippen LogP contribution is -2.68. The fraction of sp³-hybridized carbons (Fsp3) is 0.318. The van der Waals surface area contributed by atoms with Crippen molar-refractivity contribution in [3.05, 3.63) is 58.6 Å². The largest absolute Gasteiger partial charge is 0.510 e. The number of Topliss-reactive ketones (excluding diaryl/α,β-unsaturated/α-hetero) is 2. The van der Waals surface area contributed by atoms with Crippen molar-refractivity contribution >= 4 is 35.5 Å². The number of primary amides is 1. The number of ketones is 2. The number of halogens is 1. The highest BCUT2D eigenvalue weighted by Crippen LogP contribution is 2.54. The zero-order chi connectivity index (χ0) is 23.9. The van der Waals surface area contributed by atoms with Crippen LogP contribution in [0.5, 0.6) is 5.75 Å². The van der Waals surface area contributed by atoms with Gasteiger partial charge >= 0.3 is 0 Å². The van der Waals surface area contributed by atoms with Gasteiger partial charge in [-0.2, -0.15) is 0 Å². The van der Waals surface area contributed by atoms with Crippen molar-refractivity contribution in [3.8, 4) is 5.75 Å². The van der Waals surface area contributed by atoms with Crippen molar-refractivity contribution < 1.29 is 39.9 Å². The predicted octanol–water partition coefficient (Wildman–Crippen LogP) is -0.0161. The molecule has 7 N–H and O–H groups in total. The van der Waals surface area contributed by atoms with E-state index in [2.05, 4.69) is 6.58 Å². The van der Waals surface area contributed by atoms with Crippen molar-refractivity contribution in [2.24, 2.45) is 17.6 Å². The van der Waals surface area contributed by atoms with Gasteiger partial charge in [-0.15, -0.1) is 12.4 Å². The van der Waals surface area contributed by atoms with Gasteiger partial charge in [0.05, 0.1) is 29.2 Å². The fourth-order valence-electron chi connectivity index (χ4n) is 5.22. The summed E-state index contributed by atoms with van der Waals surface area (Å²) in [6.45, 7) is 3.91. The number of amides is 1. The molecule has 0 saturated heterocycles. The second-order valence-corrected chi connectivity index (χ2v) is 8.44. The van der Waals surface area contributed by atoms with Gasteiger partial charge in [-0.25, -0.2) is 0 Å². The number of carbonyl (C=O) groups excluding carboxylic acids is 3. The van der Waals surface area contributed by atoms with Gasteiger partial charge < -0.3 is 31.3 Å². The molecular weight excluding hydrogens is 456 g/mol. The third-order valence-corrected chi connectivity index (χ3v) is 6.61. The van der Waals surface area contributed by atoms with Gasteiger partial charge in [-0.3, -0.25) is 19.3 Å². The van der Waals surface area contributed by atoms with Gasteiger partial charge in [-0.1, -0.05) is 18.7 Å². The third kappa shape index (κ3) is 2.88. The normalized spacial score (nSPS) is 31.1. The zero-order valence-electron chi connectivity index (χ0n) is 17.6. The molecule has 5 atom stereocenters. The Morgan fingerprint density at radius 3 is 2.33 bits per heavy atom. The van der Waals surface area contributed by atoms with E-state index in [9.17, 15) is 39.9 Å². The van der Waals surface area contributed by atoms with E-state index >= 15 is 0 Å². The van der Waals surface area contributed by atoms with Crippen LogP contribution in [0, 0.1) is 11.8 Å². The number of rotatable bonds is 2. The van der Waals surface area contributed by atoms with Crippen LogP contribution in [0.25, 0.3) is 5.57 Å². The zero-order valence-corrected chi connectivity index (χ0v) is 18.5. The van der Waals surface area contributed by atoms with Crippen LogP contribution >= 0.6 is 12.4 Å². The van der Waals surface area contributed by atoms with Crippen LogP contribution in [0.1, 0.15) is 15.9 Å². The Morgan fingerprint density at radius 1 is 1.18 bits per heavy atom. The molecule has 0 aliphatic heterocycles. The smallest absolute Gasteiger partial charge is 0.255 e. The quantitative estimate of drug-likeness (QED) is 0.318. The summed E-state index contributed by atoms with van der Waals surface area (Å²) >= 11 is 0. The molecule has 3 aliphatic carbocycles. The minimum atomic E-state index is -2.94. The Kier molecular flexibility index (Phi) is 5.71. The second-order valence-electron chi connectivity index (χ2n) is 8.44. The Bertz CT molecular complexity index is 1190. The minimum Gasteiger partial charge on any atom is -0.510 e. The summed E-state index contributed by atoms with van der Waals surface area (Å²) in [6.07, 6.45) is -1.69. The number of aromatic hydroxyl groups is 1. The standard InChI is InChI=1S/C22H22N2O8.ClH/c1-7-8-5-4-6-9(25)11(8)16(26)12-10(7)17(27)14-15(24(2)3)18(28)13(21(23)31)20(30)22(14,32)19(12)29;/h4-6,10,14-15,17,25,27-29,32H,1H2,2-3H3,(H2,23,31);1H/t10-,14+,15+,17+,22+;/m1./s1. The molecule has 4 rings (SSSR count). The SMILES string of the molecule is C=C1c2cccc(O)c2C(=O)C2=C(O)[C@]3(O)C(=O)C(C(N)=O)=C(O)[C@@H](N(C)C)[C@H]3[C@@H](O)[C@H]12.Cl. The molecule has 10 nitrogen and oxygen atoms in total. The van der Waals surface area contributed by atoms with Crippen molar-refractivity contribution in [2.75, 3.05) is 14.1 Å². The minimum absolute atomic E-state index is 0. The van der Waals surface area contributed by atoms with E-state index in [1.54, 1.807) is 0 Å². The van der Waals surface area contributed by atoms with Crippen molar-refractivity contribution in [1.29, 1.82) is 0 Å². The van der Waals surface area contributed by atoms with Crippen LogP contribution in [-0.4, -0.2) is 79.7 Å². The molecule has 0 bridgehead atoms. The van der Waals surface area contributed by atoms with Crippen LogP contribution < -0.4 is 5.73 Å². The van der Waals surface area contributed by atoms with E-state index < -0.39 is 75.5 Å². The lowest BCUT2D eigenvalue weighted by atomic mass is 9.56. The number of benzene rings is 1. The number of aliphatic hydroxyl groups is 4. The molecule has 0 fully saturated rings. The van der Waals surface area contributed by atoms with Crippen molar-refractivity contribution in [2.45, 2.75) is 17.7 Å². The molecule has 176 valence electrons. The number of aliphatic hydroxyl groups excluding tert-OH is 3. The average Bonchev–Trinajstić information content (AvgIpc) is 2.70. The van der Waals surface area contributed by atoms with E-state index in [4.69, 9.17) is 5.73 Å². The first-order chi connectivity index (χ1) is 14.9. The summed E-state index contributed by atoms with van der Waals surface area (Å²) in [5, 5.41) is 54.8. The summed E-state index contributed by atoms with van der Waals surface area (Å²) in [7, 11) is 2.93.